The number of hydrogen-bond donors (Lipinski definition) is 1. The van der Waals surface area contributed by atoms with E-state index in [4.69, 9.17) is 4.74 Å². The predicted octanol–water partition coefficient (Wildman–Crippen LogP) is 4.35. The Morgan fingerprint density at radius 1 is 0.920 bits per heavy atom. The number of carbonyl (C=O) groups excluding carboxylic acids is 1. The van der Waals surface area contributed by atoms with Crippen LogP contribution in [0, 0.1) is 0 Å². The lowest BCUT2D eigenvalue weighted by Gasteiger charge is -2.12. The SMILES string of the molecule is O=C(Nc1ccccc1OCCCc1ccccc1)c1ccncc1. The molecule has 25 heavy (non-hydrogen) atoms. The summed E-state index contributed by atoms with van der Waals surface area (Å²) in [7, 11) is 0. The van der Waals surface area contributed by atoms with E-state index >= 15 is 0 Å². The Morgan fingerprint density at radius 3 is 2.44 bits per heavy atom. The Morgan fingerprint density at radius 2 is 1.64 bits per heavy atom. The molecule has 4 nitrogen and oxygen atoms in total. The number of aromatic nitrogens is 1. The van der Waals surface area contributed by atoms with Crippen LogP contribution < -0.4 is 10.1 Å². The second-order valence-electron chi connectivity index (χ2n) is 5.62. The van der Waals surface area contributed by atoms with Crippen LogP contribution in [0.25, 0.3) is 0 Å². The lowest BCUT2D eigenvalue weighted by Crippen LogP contribution is -2.13. The highest BCUT2D eigenvalue weighted by molar-refractivity contribution is 6.04. The van der Waals surface area contributed by atoms with Crippen LogP contribution in [0.2, 0.25) is 0 Å². The Bertz CT molecular complexity index is 804. The molecule has 2 aromatic carbocycles. The molecule has 1 heterocycles. The van der Waals surface area contributed by atoms with Gasteiger partial charge in [-0.1, -0.05) is 42.5 Å². The first-order valence-electron chi connectivity index (χ1n) is 8.30. The zero-order valence-electron chi connectivity index (χ0n) is 13.9. The third-order valence-electron chi connectivity index (χ3n) is 3.79. The summed E-state index contributed by atoms with van der Waals surface area (Å²) in [5.74, 6) is 0.501. The minimum atomic E-state index is -0.178. The zero-order chi connectivity index (χ0) is 17.3. The van der Waals surface area contributed by atoms with Gasteiger partial charge >= 0.3 is 0 Å². The van der Waals surface area contributed by atoms with Gasteiger partial charge in [-0.2, -0.15) is 0 Å². The Kier molecular flexibility index (Phi) is 5.77. The number of nitrogens with zero attached hydrogens (tertiary/aromatic N) is 1. The minimum absolute atomic E-state index is 0.178. The van der Waals surface area contributed by atoms with E-state index in [1.54, 1.807) is 24.5 Å². The Labute approximate surface area is 147 Å². The first-order chi connectivity index (χ1) is 12.3. The molecule has 0 fully saturated rings. The summed E-state index contributed by atoms with van der Waals surface area (Å²) in [5, 5.41) is 2.89. The number of amides is 1. The van der Waals surface area contributed by atoms with Gasteiger partial charge in [0.2, 0.25) is 0 Å². The number of aryl methyl sites for hydroxylation is 1. The minimum Gasteiger partial charge on any atom is -0.491 e. The average molecular weight is 332 g/mol. The molecule has 0 atom stereocenters. The van der Waals surface area contributed by atoms with Gasteiger partial charge in [0, 0.05) is 18.0 Å². The number of carbonyl (C=O) groups is 1. The van der Waals surface area contributed by atoms with Gasteiger partial charge in [-0.05, 0) is 42.7 Å². The molecule has 0 saturated heterocycles. The van der Waals surface area contributed by atoms with Gasteiger partial charge in [-0.25, -0.2) is 0 Å². The summed E-state index contributed by atoms with van der Waals surface area (Å²) < 4.78 is 5.87. The molecule has 0 saturated carbocycles. The molecule has 0 aliphatic heterocycles. The molecule has 0 spiro atoms. The van der Waals surface area contributed by atoms with Gasteiger partial charge in [-0.15, -0.1) is 0 Å². The van der Waals surface area contributed by atoms with Gasteiger partial charge in [0.25, 0.3) is 5.91 Å². The summed E-state index contributed by atoms with van der Waals surface area (Å²) in [6, 6.07) is 21.2. The third-order valence-corrected chi connectivity index (χ3v) is 3.79. The van der Waals surface area contributed by atoms with E-state index in [0.717, 1.165) is 12.8 Å². The quantitative estimate of drug-likeness (QED) is 0.655. The van der Waals surface area contributed by atoms with Crippen molar-refractivity contribution in [1.82, 2.24) is 4.98 Å². The Hall–Kier alpha value is -3.14. The summed E-state index contributed by atoms with van der Waals surface area (Å²) >= 11 is 0. The smallest absolute Gasteiger partial charge is 0.255 e. The maximum absolute atomic E-state index is 12.3. The van der Waals surface area contributed by atoms with Gasteiger partial charge < -0.3 is 10.1 Å². The van der Waals surface area contributed by atoms with E-state index in [-0.39, 0.29) is 5.91 Å². The number of ether oxygens (including phenoxy) is 1. The molecular weight excluding hydrogens is 312 g/mol. The molecule has 126 valence electrons. The molecule has 1 amide bonds. The van der Waals surface area contributed by atoms with Crippen molar-refractivity contribution in [2.45, 2.75) is 12.8 Å². The highest BCUT2D eigenvalue weighted by Crippen LogP contribution is 2.24. The number of para-hydroxylation sites is 2. The van der Waals surface area contributed by atoms with E-state index in [1.165, 1.54) is 5.56 Å². The van der Waals surface area contributed by atoms with Crippen LogP contribution >= 0.6 is 0 Å². The highest BCUT2D eigenvalue weighted by Gasteiger charge is 2.09. The number of rotatable bonds is 7. The third kappa shape index (κ3) is 4.91. The molecular formula is C21H20N2O2. The van der Waals surface area contributed by atoms with Crippen LogP contribution in [0.3, 0.4) is 0 Å². The molecule has 4 heteroatoms. The first kappa shape index (κ1) is 16.7. The standard InChI is InChI=1S/C21H20N2O2/c24-21(18-12-14-22-15-13-18)23-19-10-4-5-11-20(19)25-16-6-9-17-7-2-1-3-8-17/h1-5,7-8,10-15H,6,9,16H2,(H,23,24). The van der Waals surface area contributed by atoms with Crippen LogP contribution in [0.1, 0.15) is 22.3 Å². The number of anilines is 1. The van der Waals surface area contributed by atoms with Gasteiger partial charge in [0.1, 0.15) is 5.75 Å². The number of benzene rings is 2. The van der Waals surface area contributed by atoms with Crippen LogP contribution in [0.5, 0.6) is 5.75 Å². The molecule has 1 aromatic heterocycles. The number of nitrogens with one attached hydrogen (secondary N) is 1. The second-order valence-corrected chi connectivity index (χ2v) is 5.62. The van der Waals surface area contributed by atoms with Gasteiger partial charge in [0.05, 0.1) is 12.3 Å². The molecule has 3 rings (SSSR count). The highest BCUT2D eigenvalue weighted by atomic mass is 16.5. The van der Waals surface area contributed by atoms with Crippen LogP contribution in [0.15, 0.2) is 79.1 Å². The van der Waals surface area contributed by atoms with E-state index in [2.05, 4.69) is 22.4 Å². The van der Waals surface area contributed by atoms with Crippen molar-refractivity contribution in [2.75, 3.05) is 11.9 Å². The summed E-state index contributed by atoms with van der Waals surface area (Å²) in [5.41, 5.74) is 2.53. The molecule has 0 unspecified atom stereocenters. The van der Waals surface area contributed by atoms with Crippen LogP contribution in [-0.4, -0.2) is 17.5 Å². The van der Waals surface area contributed by atoms with Gasteiger partial charge in [-0.3, -0.25) is 9.78 Å². The monoisotopic (exact) mass is 332 g/mol. The van der Waals surface area contributed by atoms with E-state index in [9.17, 15) is 4.79 Å². The van der Waals surface area contributed by atoms with Crippen molar-refractivity contribution < 1.29 is 9.53 Å². The molecule has 0 bridgehead atoms. The van der Waals surface area contributed by atoms with E-state index in [1.807, 2.05) is 42.5 Å². The first-order valence-corrected chi connectivity index (χ1v) is 8.30. The summed E-state index contributed by atoms with van der Waals surface area (Å²) in [6.07, 6.45) is 5.07. The molecule has 3 aromatic rings. The normalized spacial score (nSPS) is 10.2. The van der Waals surface area contributed by atoms with Crippen molar-refractivity contribution in [3.8, 4) is 5.75 Å². The maximum Gasteiger partial charge on any atom is 0.255 e. The fraction of sp³-hybridized carbons (Fsp3) is 0.143. The van der Waals surface area contributed by atoms with Crippen molar-refractivity contribution in [3.05, 3.63) is 90.3 Å². The second kappa shape index (κ2) is 8.64. The fourth-order valence-electron chi connectivity index (χ4n) is 2.50. The molecule has 0 aliphatic carbocycles. The molecule has 1 N–H and O–H groups in total. The lowest BCUT2D eigenvalue weighted by atomic mass is 10.1. The van der Waals surface area contributed by atoms with Gasteiger partial charge in [0.15, 0.2) is 0 Å². The van der Waals surface area contributed by atoms with Crippen molar-refractivity contribution in [1.29, 1.82) is 0 Å². The summed E-state index contributed by atoms with van der Waals surface area (Å²) in [6.45, 7) is 0.594. The Balaban J connectivity index is 1.56. The topological polar surface area (TPSA) is 51.2 Å². The molecule has 0 radical (unpaired) electrons. The summed E-state index contributed by atoms with van der Waals surface area (Å²) in [4.78, 5) is 16.2. The molecule has 0 aliphatic rings. The fourth-order valence-corrected chi connectivity index (χ4v) is 2.50. The van der Waals surface area contributed by atoms with Crippen molar-refractivity contribution in [3.63, 3.8) is 0 Å². The lowest BCUT2D eigenvalue weighted by molar-refractivity contribution is 0.102. The predicted molar refractivity (Wildman–Crippen MR) is 98.9 cm³/mol. The van der Waals surface area contributed by atoms with E-state index in [0.29, 0.717) is 23.6 Å². The van der Waals surface area contributed by atoms with Crippen LogP contribution in [-0.2, 0) is 6.42 Å². The average Bonchev–Trinajstić information content (AvgIpc) is 2.68. The zero-order valence-corrected chi connectivity index (χ0v) is 13.9. The van der Waals surface area contributed by atoms with E-state index < -0.39 is 0 Å². The van der Waals surface area contributed by atoms with Crippen molar-refractivity contribution in [2.24, 2.45) is 0 Å². The van der Waals surface area contributed by atoms with Crippen LogP contribution in [0.4, 0.5) is 5.69 Å². The number of hydrogen-bond acceptors (Lipinski definition) is 3. The number of pyridine rings is 1. The maximum atomic E-state index is 12.3. The largest absolute Gasteiger partial charge is 0.491 e. The van der Waals surface area contributed by atoms with Crippen molar-refractivity contribution >= 4 is 11.6 Å².